The molecule has 2 heterocycles. The maximum Gasteiger partial charge on any atom is 0.329 e. The molecular weight excluding hydrogens is 276 g/mol. The quantitative estimate of drug-likeness (QED) is 0.579. The smallest absolute Gasteiger partial charge is 0.329 e. The van der Waals surface area contributed by atoms with E-state index in [-0.39, 0.29) is 17.5 Å². The zero-order valence-electron chi connectivity index (χ0n) is 12.2. The second-order valence-corrected chi connectivity index (χ2v) is 4.89. The fourth-order valence-electron chi connectivity index (χ4n) is 2.19. The standard InChI is InChI=1S/C12H20N6O3/c1-9(8-17-3-5-21-6-4-17)15-11-10(18(19)20)7-14-12(13-2)16-11/h7,9H,3-6,8H2,1-2H3,(H2,13,14,15,16). The zero-order chi connectivity index (χ0) is 15.2. The van der Waals surface area contributed by atoms with Gasteiger partial charge in [0, 0.05) is 32.7 Å². The van der Waals surface area contributed by atoms with Gasteiger partial charge in [-0.15, -0.1) is 0 Å². The van der Waals surface area contributed by atoms with Gasteiger partial charge >= 0.3 is 5.69 Å². The number of rotatable bonds is 6. The third-order valence-electron chi connectivity index (χ3n) is 3.21. The number of aromatic nitrogens is 2. The van der Waals surface area contributed by atoms with Crippen molar-refractivity contribution in [3.8, 4) is 0 Å². The summed E-state index contributed by atoms with van der Waals surface area (Å²) in [4.78, 5) is 20.8. The van der Waals surface area contributed by atoms with E-state index in [2.05, 4.69) is 25.5 Å². The van der Waals surface area contributed by atoms with Crippen molar-refractivity contribution in [2.24, 2.45) is 0 Å². The van der Waals surface area contributed by atoms with E-state index in [1.807, 2.05) is 6.92 Å². The molecular formula is C12H20N6O3. The monoisotopic (exact) mass is 296 g/mol. The predicted octanol–water partition coefficient (Wildman–Crippen LogP) is 0.559. The topological polar surface area (TPSA) is 105 Å². The first-order valence-corrected chi connectivity index (χ1v) is 6.86. The Labute approximate surface area is 122 Å². The van der Waals surface area contributed by atoms with Gasteiger partial charge in [0.2, 0.25) is 11.8 Å². The summed E-state index contributed by atoms with van der Waals surface area (Å²) in [5, 5.41) is 16.9. The summed E-state index contributed by atoms with van der Waals surface area (Å²) >= 11 is 0. The molecule has 9 nitrogen and oxygen atoms in total. The van der Waals surface area contributed by atoms with Gasteiger partial charge in [-0.25, -0.2) is 4.98 Å². The fraction of sp³-hybridized carbons (Fsp3) is 0.667. The first-order chi connectivity index (χ1) is 10.1. The van der Waals surface area contributed by atoms with Gasteiger partial charge in [-0.2, -0.15) is 4.98 Å². The minimum atomic E-state index is -0.483. The number of hydrogen-bond acceptors (Lipinski definition) is 8. The lowest BCUT2D eigenvalue weighted by Gasteiger charge is -2.29. The van der Waals surface area contributed by atoms with Crippen LogP contribution in [0.3, 0.4) is 0 Å². The number of anilines is 2. The summed E-state index contributed by atoms with van der Waals surface area (Å²) in [5.41, 5.74) is -0.122. The number of morpholine rings is 1. The van der Waals surface area contributed by atoms with Gasteiger partial charge in [0.05, 0.1) is 18.1 Å². The van der Waals surface area contributed by atoms with E-state index in [4.69, 9.17) is 4.74 Å². The molecule has 1 unspecified atom stereocenters. The molecule has 1 saturated heterocycles. The lowest BCUT2D eigenvalue weighted by molar-refractivity contribution is -0.384. The van der Waals surface area contributed by atoms with E-state index < -0.39 is 4.92 Å². The molecule has 1 aliphatic heterocycles. The molecule has 1 aromatic rings. The molecule has 1 aliphatic rings. The predicted molar refractivity (Wildman–Crippen MR) is 78.6 cm³/mol. The van der Waals surface area contributed by atoms with E-state index in [1.54, 1.807) is 7.05 Å². The minimum Gasteiger partial charge on any atom is -0.379 e. The summed E-state index contributed by atoms with van der Waals surface area (Å²) in [7, 11) is 1.67. The molecule has 1 fully saturated rings. The number of nitrogens with one attached hydrogen (secondary N) is 2. The third kappa shape index (κ3) is 4.23. The zero-order valence-corrected chi connectivity index (χ0v) is 12.2. The summed E-state index contributed by atoms with van der Waals surface area (Å²) in [6.45, 7) is 5.95. The highest BCUT2D eigenvalue weighted by Crippen LogP contribution is 2.22. The fourth-order valence-corrected chi connectivity index (χ4v) is 2.19. The summed E-state index contributed by atoms with van der Waals surface area (Å²) in [5.74, 6) is 0.585. The van der Waals surface area contributed by atoms with Gasteiger partial charge < -0.3 is 15.4 Å². The van der Waals surface area contributed by atoms with Crippen molar-refractivity contribution in [1.82, 2.24) is 14.9 Å². The first-order valence-electron chi connectivity index (χ1n) is 6.86. The molecule has 2 N–H and O–H groups in total. The summed E-state index contributed by atoms with van der Waals surface area (Å²) < 4.78 is 5.30. The first kappa shape index (κ1) is 15.4. The van der Waals surface area contributed by atoms with Crippen LogP contribution in [0.25, 0.3) is 0 Å². The average molecular weight is 296 g/mol. The van der Waals surface area contributed by atoms with Crippen LogP contribution in [-0.4, -0.2) is 65.7 Å². The van der Waals surface area contributed by atoms with Gasteiger partial charge in [0.25, 0.3) is 0 Å². The highest BCUT2D eigenvalue weighted by atomic mass is 16.6. The molecule has 116 valence electrons. The van der Waals surface area contributed by atoms with Crippen LogP contribution in [0.2, 0.25) is 0 Å². The second-order valence-electron chi connectivity index (χ2n) is 4.89. The van der Waals surface area contributed by atoms with E-state index >= 15 is 0 Å². The molecule has 0 aliphatic carbocycles. The second kappa shape index (κ2) is 7.14. The van der Waals surface area contributed by atoms with E-state index in [0.717, 1.165) is 32.8 Å². The largest absolute Gasteiger partial charge is 0.379 e. The van der Waals surface area contributed by atoms with Crippen LogP contribution in [0.1, 0.15) is 6.92 Å². The maximum absolute atomic E-state index is 11.0. The lowest BCUT2D eigenvalue weighted by Crippen LogP contribution is -2.42. The van der Waals surface area contributed by atoms with Crippen LogP contribution in [0, 0.1) is 10.1 Å². The van der Waals surface area contributed by atoms with Gasteiger partial charge in [-0.3, -0.25) is 15.0 Å². The molecule has 1 aromatic heterocycles. The lowest BCUT2D eigenvalue weighted by atomic mass is 10.2. The number of ether oxygens (including phenoxy) is 1. The molecule has 0 spiro atoms. The third-order valence-corrected chi connectivity index (χ3v) is 3.21. The summed E-state index contributed by atoms with van der Waals surface area (Å²) in [6.07, 6.45) is 1.21. The van der Waals surface area contributed by atoms with Gasteiger partial charge in [-0.1, -0.05) is 0 Å². The highest BCUT2D eigenvalue weighted by Gasteiger charge is 2.20. The van der Waals surface area contributed by atoms with Crippen LogP contribution in [-0.2, 0) is 4.74 Å². The van der Waals surface area contributed by atoms with Crippen molar-refractivity contribution in [2.75, 3.05) is 50.5 Å². The van der Waals surface area contributed by atoms with E-state index in [0.29, 0.717) is 5.95 Å². The number of nitrogens with zero attached hydrogens (tertiary/aromatic N) is 4. The van der Waals surface area contributed by atoms with Crippen molar-refractivity contribution in [2.45, 2.75) is 13.0 Å². The van der Waals surface area contributed by atoms with Crippen LogP contribution in [0.4, 0.5) is 17.5 Å². The Morgan fingerprint density at radius 3 is 2.86 bits per heavy atom. The van der Waals surface area contributed by atoms with E-state index in [1.165, 1.54) is 6.20 Å². The Kier molecular flexibility index (Phi) is 5.23. The van der Waals surface area contributed by atoms with E-state index in [9.17, 15) is 10.1 Å². The molecule has 2 rings (SSSR count). The molecule has 1 atom stereocenters. The molecule has 0 radical (unpaired) electrons. The Bertz CT molecular complexity index is 492. The molecule has 0 amide bonds. The van der Waals surface area contributed by atoms with Crippen molar-refractivity contribution in [3.63, 3.8) is 0 Å². The van der Waals surface area contributed by atoms with Gasteiger partial charge in [0.15, 0.2) is 0 Å². The maximum atomic E-state index is 11.0. The highest BCUT2D eigenvalue weighted by molar-refractivity contribution is 5.57. The van der Waals surface area contributed by atoms with Crippen LogP contribution >= 0.6 is 0 Å². The Hall–Kier alpha value is -2.00. The Morgan fingerprint density at radius 2 is 2.24 bits per heavy atom. The summed E-state index contributed by atoms with van der Waals surface area (Å²) in [6, 6.07) is 0.0291. The molecule has 0 aromatic carbocycles. The Balaban J connectivity index is 2.04. The van der Waals surface area contributed by atoms with Crippen molar-refractivity contribution >= 4 is 17.5 Å². The van der Waals surface area contributed by atoms with Crippen molar-refractivity contribution < 1.29 is 9.66 Å². The van der Waals surface area contributed by atoms with Crippen LogP contribution in [0.5, 0.6) is 0 Å². The normalized spacial score (nSPS) is 17.2. The van der Waals surface area contributed by atoms with Crippen molar-refractivity contribution in [3.05, 3.63) is 16.3 Å². The molecule has 0 bridgehead atoms. The molecule has 9 heteroatoms. The molecule has 0 saturated carbocycles. The Morgan fingerprint density at radius 1 is 1.52 bits per heavy atom. The van der Waals surface area contributed by atoms with Gasteiger partial charge in [0.1, 0.15) is 6.20 Å². The SMILES string of the molecule is CNc1ncc([N+](=O)[O-])c(NC(C)CN2CCOCC2)n1. The van der Waals surface area contributed by atoms with Crippen molar-refractivity contribution in [1.29, 1.82) is 0 Å². The number of hydrogen-bond donors (Lipinski definition) is 2. The van der Waals surface area contributed by atoms with Crippen LogP contribution < -0.4 is 10.6 Å². The van der Waals surface area contributed by atoms with Crippen LogP contribution in [0.15, 0.2) is 6.20 Å². The average Bonchev–Trinajstić information content (AvgIpc) is 2.47. The number of nitro groups is 1. The molecule has 21 heavy (non-hydrogen) atoms. The minimum absolute atomic E-state index is 0.0291. The van der Waals surface area contributed by atoms with Gasteiger partial charge in [-0.05, 0) is 6.92 Å².